The van der Waals surface area contributed by atoms with Crippen molar-refractivity contribution < 1.29 is 48.3 Å². The van der Waals surface area contributed by atoms with E-state index in [-0.39, 0.29) is 45.4 Å². The van der Waals surface area contributed by atoms with E-state index in [0.717, 1.165) is 108 Å². The van der Waals surface area contributed by atoms with Crippen LogP contribution in [0.25, 0.3) is 65.8 Å². The Balaban J connectivity index is 0.000000115. The van der Waals surface area contributed by atoms with Crippen molar-refractivity contribution in [3.05, 3.63) is 214 Å². The van der Waals surface area contributed by atoms with E-state index in [1.807, 2.05) is 30.7 Å². The molecule has 0 spiro atoms. The van der Waals surface area contributed by atoms with Crippen LogP contribution in [0, 0.1) is 135 Å². The summed E-state index contributed by atoms with van der Waals surface area (Å²) in [6, 6.07) is 24.4. The first-order valence-corrected chi connectivity index (χ1v) is 34.2. The predicted octanol–water partition coefficient (Wildman–Crippen LogP) is 19.9. The van der Waals surface area contributed by atoms with Crippen molar-refractivity contribution in [1.29, 1.82) is 0 Å². The smallest absolute Gasteiger partial charge is 0.196 e. The molecule has 6 bridgehead atoms. The molecule has 0 amide bonds. The summed E-state index contributed by atoms with van der Waals surface area (Å²) in [6.45, 7) is 6.58. The number of nitrogens with zero attached hydrogens (tertiary/aromatic N) is 6. The van der Waals surface area contributed by atoms with Gasteiger partial charge in [-0.2, -0.15) is 0 Å². The number of aromatic nitrogens is 9. The fourth-order valence-electron chi connectivity index (χ4n) is 19.5. The van der Waals surface area contributed by atoms with E-state index in [0.29, 0.717) is 124 Å². The molecule has 6 heterocycles. The Morgan fingerprint density at radius 3 is 1.19 bits per heavy atom. The maximum absolute atomic E-state index is 14.1. The molecule has 504 valence electrons. The molecule has 0 radical (unpaired) electrons. The molecule has 6 aromatic heterocycles. The van der Waals surface area contributed by atoms with Gasteiger partial charge < -0.3 is 15.0 Å². The second-order valence-corrected chi connectivity index (χ2v) is 29.3. The summed E-state index contributed by atoms with van der Waals surface area (Å²) < 4.78 is 152. The number of aromatic amines is 3. The van der Waals surface area contributed by atoms with Crippen molar-refractivity contribution in [2.24, 2.45) is 71.0 Å². The van der Waals surface area contributed by atoms with Gasteiger partial charge in [-0.3, -0.25) is 15.0 Å². The maximum Gasteiger partial charge on any atom is 0.196 e. The molecule has 0 saturated heterocycles. The topological polar surface area (TPSA) is 125 Å². The van der Waals surface area contributed by atoms with E-state index in [1.54, 1.807) is 36.4 Å². The van der Waals surface area contributed by atoms with Gasteiger partial charge in [0.2, 0.25) is 0 Å². The standard InChI is InChI=1S/2C26H23F4N3.C26H24F3N3/c1-12(6-23-32-25-21(29)11-20(28)24(30)26(25)33-23)17-8-14-7-13(17)9-18(14)16-4-5-31-22-3-2-15(27)10-19(16)22;1-12(6-23-32-22-11-20(28)24(29)25(30)26(22)33-23)17-8-14-7-13(17)9-18(14)16-4-5-31-21-3-2-15(27)10-19(16)21;1-13(6-26-31-24-11-21(28)22(29)12-25(24)32-26)18-8-15-7-14(18)9-19(15)17-4-5-30-23-3-2-16(27)10-20(17)23/h2*2-5,10-14,17-18H,6-9H2,1H3,(H,32,33);2-5,10-15,18-19H,6-9H2,1H3,(H,31,32)/t2*12-,13?,14?,17?,18?;13-,14?,15?,18?,19?/m111/s1. The van der Waals surface area contributed by atoms with Gasteiger partial charge in [-0.05, 0) is 236 Å². The number of benzene rings is 6. The first-order chi connectivity index (χ1) is 47.2. The number of fused-ring (bicyclic) bond motifs is 12. The van der Waals surface area contributed by atoms with Gasteiger partial charge in [-0.25, -0.2) is 63.2 Å². The SMILES string of the molecule is C[C@H](Cc1nc2c(F)c(F)c(F)cc2[nH]1)C1CC2CC1CC2c1ccnc2ccc(F)cc12.C[C@H](Cc1nc2c(F)cc(F)c(F)c2[nH]1)C1CC2CC1CC2c1ccnc2ccc(F)cc12.C[C@H](Cc1nc2cc(F)c(F)cc2[nH]1)C1CC2CC1CC2c1ccnc2ccc(F)cc12. The minimum atomic E-state index is -1.49. The lowest BCUT2D eigenvalue weighted by molar-refractivity contribution is 0.224. The van der Waals surface area contributed by atoms with E-state index in [4.69, 9.17) is 0 Å². The van der Waals surface area contributed by atoms with Crippen LogP contribution in [0.5, 0.6) is 0 Å². The number of halogens is 11. The fraction of sp³-hybridized carbons (Fsp3) is 0.385. The molecule has 15 atom stereocenters. The highest BCUT2D eigenvalue weighted by Crippen LogP contribution is 2.61. The van der Waals surface area contributed by atoms with Crippen LogP contribution in [0.4, 0.5) is 48.3 Å². The number of hydrogen-bond acceptors (Lipinski definition) is 6. The normalized spacial score (nSPS) is 25.5. The monoisotopic (exact) mass is 1340 g/mol. The highest BCUT2D eigenvalue weighted by Gasteiger charge is 2.51. The minimum absolute atomic E-state index is 0.152. The third-order valence-electron chi connectivity index (χ3n) is 23.8. The van der Waals surface area contributed by atoms with Gasteiger partial charge in [0.15, 0.2) is 46.5 Å². The van der Waals surface area contributed by atoms with Crippen LogP contribution < -0.4 is 0 Å². The Bertz CT molecular complexity index is 5050. The molecule has 98 heavy (non-hydrogen) atoms. The number of H-pyrrole nitrogens is 3. The van der Waals surface area contributed by atoms with E-state index in [2.05, 4.69) is 71.7 Å². The zero-order valence-corrected chi connectivity index (χ0v) is 54.0. The second-order valence-electron chi connectivity index (χ2n) is 29.3. The number of rotatable bonds is 12. The lowest BCUT2D eigenvalue weighted by Crippen LogP contribution is -2.24. The minimum Gasteiger partial charge on any atom is -0.342 e. The summed E-state index contributed by atoms with van der Waals surface area (Å²) in [7, 11) is 0. The van der Waals surface area contributed by atoms with Crippen LogP contribution in [0.3, 0.4) is 0 Å². The van der Waals surface area contributed by atoms with Crippen molar-refractivity contribution in [2.45, 2.75) is 116 Å². The second kappa shape index (κ2) is 25.2. The summed E-state index contributed by atoms with van der Waals surface area (Å²) in [5.41, 5.74) is 6.78. The maximum atomic E-state index is 14.1. The van der Waals surface area contributed by atoms with E-state index >= 15 is 0 Å². The fourth-order valence-corrected chi connectivity index (χ4v) is 19.5. The van der Waals surface area contributed by atoms with Crippen molar-refractivity contribution in [1.82, 2.24) is 44.9 Å². The molecule has 0 aliphatic heterocycles. The average Bonchev–Trinajstić information content (AvgIpc) is 1.65. The summed E-state index contributed by atoms with van der Waals surface area (Å²) >= 11 is 0. The molecule has 3 N–H and O–H groups in total. The van der Waals surface area contributed by atoms with Crippen LogP contribution >= 0.6 is 0 Å². The molecule has 20 heteroatoms. The van der Waals surface area contributed by atoms with Crippen molar-refractivity contribution in [2.75, 3.05) is 0 Å². The quantitative estimate of drug-likeness (QED) is 0.0636. The Labute approximate surface area is 556 Å². The zero-order valence-electron chi connectivity index (χ0n) is 54.0. The molecule has 6 fully saturated rings. The van der Waals surface area contributed by atoms with Gasteiger partial charge in [0, 0.05) is 78.3 Å². The largest absolute Gasteiger partial charge is 0.342 e. The van der Waals surface area contributed by atoms with E-state index in [9.17, 15) is 48.3 Å². The zero-order chi connectivity index (χ0) is 67.7. The van der Waals surface area contributed by atoms with Gasteiger partial charge >= 0.3 is 0 Å². The number of pyridine rings is 3. The van der Waals surface area contributed by atoms with Gasteiger partial charge in [0.25, 0.3) is 0 Å². The molecular formula is C78H70F11N9. The van der Waals surface area contributed by atoms with Gasteiger partial charge in [0.1, 0.15) is 51.5 Å². The average molecular weight is 1340 g/mol. The predicted molar refractivity (Wildman–Crippen MR) is 353 cm³/mol. The van der Waals surface area contributed by atoms with Crippen LogP contribution in [0.1, 0.15) is 130 Å². The highest BCUT2D eigenvalue weighted by molar-refractivity contribution is 5.85. The van der Waals surface area contributed by atoms with Crippen molar-refractivity contribution >= 4 is 65.8 Å². The highest BCUT2D eigenvalue weighted by atomic mass is 19.2. The molecule has 12 aromatic rings. The molecule has 12 unspecified atom stereocenters. The Hall–Kier alpha value is -8.81. The molecule has 6 aromatic carbocycles. The van der Waals surface area contributed by atoms with Crippen molar-refractivity contribution in [3.8, 4) is 0 Å². The molecule has 18 rings (SSSR count). The van der Waals surface area contributed by atoms with Crippen molar-refractivity contribution in [3.63, 3.8) is 0 Å². The molecule has 6 aliphatic carbocycles. The Kier molecular flexibility index (Phi) is 16.4. The summed E-state index contributed by atoms with van der Waals surface area (Å²) in [5.74, 6) is -0.525. The van der Waals surface area contributed by atoms with Crippen LogP contribution in [0.2, 0.25) is 0 Å². The summed E-state index contributed by atoms with van der Waals surface area (Å²) in [6.07, 6.45) is 17.4. The first kappa shape index (κ1) is 63.9. The van der Waals surface area contributed by atoms with Gasteiger partial charge in [0.05, 0.1) is 33.1 Å². The number of nitrogens with one attached hydrogen (secondary N) is 3. The van der Waals surface area contributed by atoms with Crippen LogP contribution in [-0.2, 0) is 19.3 Å². The summed E-state index contributed by atoms with van der Waals surface area (Å²) in [5, 5.41) is 2.75. The third kappa shape index (κ3) is 11.6. The molecule has 6 saturated carbocycles. The third-order valence-corrected chi connectivity index (χ3v) is 23.8. The Morgan fingerprint density at radius 2 is 0.745 bits per heavy atom. The summed E-state index contributed by atoms with van der Waals surface area (Å²) in [4.78, 5) is 35.0. The van der Waals surface area contributed by atoms with Gasteiger partial charge in [-0.15, -0.1) is 0 Å². The first-order valence-electron chi connectivity index (χ1n) is 34.2. The van der Waals surface area contributed by atoms with Crippen LogP contribution in [-0.4, -0.2) is 44.9 Å². The van der Waals surface area contributed by atoms with Gasteiger partial charge in [-0.1, -0.05) is 20.8 Å². The number of hydrogen-bond donors (Lipinski definition) is 3. The lowest BCUT2D eigenvalue weighted by Gasteiger charge is -2.32. The molecule has 9 nitrogen and oxygen atoms in total. The Morgan fingerprint density at radius 1 is 0.347 bits per heavy atom. The van der Waals surface area contributed by atoms with E-state index in [1.165, 1.54) is 47.4 Å². The lowest BCUT2D eigenvalue weighted by atomic mass is 9.73. The number of imidazole rings is 3. The molecule has 6 aliphatic rings. The van der Waals surface area contributed by atoms with Crippen LogP contribution in [0.15, 0.2) is 116 Å². The molecular weight excluding hydrogens is 1270 g/mol. The van der Waals surface area contributed by atoms with E-state index < -0.39 is 46.5 Å².